The zero-order chi connectivity index (χ0) is 13.9. The molecule has 0 bridgehead atoms. The van der Waals surface area contributed by atoms with E-state index in [0.717, 1.165) is 28.5 Å². The summed E-state index contributed by atoms with van der Waals surface area (Å²) in [6.07, 6.45) is 7.56. The van der Waals surface area contributed by atoms with Crippen LogP contribution in [-0.2, 0) is 6.42 Å². The van der Waals surface area contributed by atoms with Crippen molar-refractivity contribution in [2.75, 3.05) is 7.11 Å². The number of phenols is 1. The first kappa shape index (κ1) is 13.3. The predicted octanol–water partition coefficient (Wildman–Crippen LogP) is 4.68. The van der Waals surface area contributed by atoms with E-state index in [0.29, 0.717) is 11.7 Å². The number of aromatic hydroxyl groups is 1. The molecular weight excluding hydrogens is 248 g/mol. The average Bonchev–Trinajstić information content (AvgIpc) is 2.51. The van der Waals surface area contributed by atoms with Crippen molar-refractivity contribution in [1.82, 2.24) is 0 Å². The van der Waals surface area contributed by atoms with Crippen molar-refractivity contribution in [2.45, 2.75) is 38.5 Å². The van der Waals surface area contributed by atoms with Gasteiger partial charge in [-0.2, -0.15) is 0 Å². The zero-order valence-electron chi connectivity index (χ0n) is 12.1. The Hall–Kier alpha value is -1.70. The molecule has 0 aromatic heterocycles. The number of hydrogen-bond donors (Lipinski definition) is 1. The van der Waals surface area contributed by atoms with Gasteiger partial charge >= 0.3 is 0 Å². The summed E-state index contributed by atoms with van der Waals surface area (Å²) in [6.45, 7) is 0. The van der Waals surface area contributed by atoms with Crippen LogP contribution in [0.4, 0.5) is 0 Å². The second-order valence-electron chi connectivity index (χ2n) is 5.84. The van der Waals surface area contributed by atoms with Crippen molar-refractivity contribution < 1.29 is 9.84 Å². The Morgan fingerprint density at radius 3 is 2.50 bits per heavy atom. The maximum absolute atomic E-state index is 10.5. The molecule has 0 spiro atoms. The van der Waals surface area contributed by atoms with Gasteiger partial charge in [-0.15, -0.1) is 0 Å². The average molecular weight is 270 g/mol. The van der Waals surface area contributed by atoms with Crippen LogP contribution in [0.3, 0.4) is 0 Å². The standard InChI is InChI=1S/C18H22O2/c1-20-17-12-14(11-13-7-3-2-4-8-13)18(19)16-10-6-5-9-15(16)17/h5-6,9-10,12-13,19H,2-4,7-8,11H2,1H3. The highest BCUT2D eigenvalue weighted by atomic mass is 16.5. The van der Waals surface area contributed by atoms with E-state index < -0.39 is 0 Å². The number of ether oxygens (including phenoxy) is 1. The van der Waals surface area contributed by atoms with Crippen LogP contribution in [0.5, 0.6) is 11.5 Å². The van der Waals surface area contributed by atoms with Gasteiger partial charge in [-0.25, -0.2) is 0 Å². The highest BCUT2D eigenvalue weighted by Crippen LogP contribution is 2.38. The molecule has 3 rings (SSSR count). The molecule has 0 radical (unpaired) electrons. The minimum Gasteiger partial charge on any atom is -0.507 e. The van der Waals surface area contributed by atoms with E-state index in [9.17, 15) is 5.11 Å². The van der Waals surface area contributed by atoms with Gasteiger partial charge in [0.1, 0.15) is 11.5 Å². The Bertz CT molecular complexity index is 598. The lowest BCUT2D eigenvalue weighted by Crippen LogP contribution is -2.09. The molecule has 20 heavy (non-hydrogen) atoms. The highest BCUT2D eigenvalue weighted by Gasteiger charge is 2.18. The van der Waals surface area contributed by atoms with E-state index in [-0.39, 0.29) is 0 Å². The van der Waals surface area contributed by atoms with Gasteiger partial charge in [0.25, 0.3) is 0 Å². The Morgan fingerprint density at radius 2 is 1.80 bits per heavy atom. The van der Waals surface area contributed by atoms with Crippen LogP contribution in [0.15, 0.2) is 30.3 Å². The number of fused-ring (bicyclic) bond motifs is 1. The summed E-state index contributed by atoms with van der Waals surface area (Å²) in [5.41, 5.74) is 1.03. The van der Waals surface area contributed by atoms with Crippen LogP contribution in [-0.4, -0.2) is 12.2 Å². The maximum atomic E-state index is 10.5. The number of rotatable bonds is 3. The Labute approximate surface area is 120 Å². The summed E-state index contributed by atoms with van der Waals surface area (Å²) < 4.78 is 5.50. The Morgan fingerprint density at radius 1 is 1.10 bits per heavy atom. The molecule has 1 aliphatic carbocycles. The largest absolute Gasteiger partial charge is 0.507 e. The van der Waals surface area contributed by atoms with E-state index in [1.165, 1.54) is 32.1 Å². The zero-order valence-corrected chi connectivity index (χ0v) is 12.1. The molecule has 0 amide bonds. The van der Waals surface area contributed by atoms with E-state index in [1.54, 1.807) is 7.11 Å². The van der Waals surface area contributed by atoms with Gasteiger partial charge in [-0.3, -0.25) is 0 Å². The molecule has 2 heteroatoms. The van der Waals surface area contributed by atoms with Crippen molar-refractivity contribution in [3.05, 3.63) is 35.9 Å². The third-order valence-corrected chi connectivity index (χ3v) is 4.51. The van der Waals surface area contributed by atoms with Crippen molar-refractivity contribution in [2.24, 2.45) is 5.92 Å². The fraction of sp³-hybridized carbons (Fsp3) is 0.444. The lowest BCUT2D eigenvalue weighted by atomic mass is 9.84. The number of phenolic OH excluding ortho intramolecular Hbond substituents is 1. The van der Waals surface area contributed by atoms with E-state index >= 15 is 0 Å². The molecule has 1 saturated carbocycles. The first-order chi connectivity index (χ1) is 9.79. The molecule has 1 fully saturated rings. The molecule has 0 heterocycles. The first-order valence-corrected chi connectivity index (χ1v) is 7.57. The van der Waals surface area contributed by atoms with Crippen molar-refractivity contribution in [3.63, 3.8) is 0 Å². The normalized spacial score (nSPS) is 16.4. The van der Waals surface area contributed by atoms with E-state index in [1.807, 2.05) is 30.3 Å². The lowest BCUT2D eigenvalue weighted by molar-refractivity contribution is 0.351. The molecule has 0 unspecified atom stereocenters. The minimum absolute atomic E-state index is 0.437. The predicted molar refractivity (Wildman–Crippen MR) is 82.4 cm³/mol. The second-order valence-corrected chi connectivity index (χ2v) is 5.84. The van der Waals surface area contributed by atoms with Crippen LogP contribution >= 0.6 is 0 Å². The van der Waals surface area contributed by atoms with Crippen molar-refractivity contribution in [1.29, 1.82) is 0 Å². The summed E-state index contributed by atoms with van der Waals surface area (Å²) >= 11 is 0. The number of hydrogen-bond acceptors (Lipinski definition) is 2. The maximum Gasteiger partial charge on any atom is 0.127 e. The van der Waals surface area contributed by atoms with Gasteiger partial charge in [-0.05, 0) is 24.0 Å². The number of benzene rings is 2. The van der Waals surface area contributed by atoms with Gasteiger partial charge in [0.05, 0.1) is 7.11 Å². The lowest BCUT2D eigenvalue weighted by Gasteiger charge is -2.22. The molecular formula is C18H22O2. The third-order valence-electron chi connectivity index (χ3n) is 4.51. The molecule has 1 N–H and O–H groups in total. The summed E-state index contributed by atoms with van der Waals surface area (Å²) in [7, 11) is 1.70. The molecule has 2 aromatic carbocycles. The van der Waals surface area contributed by atoms with Crippen molar-refractivity contribution in [3.8, 4) is 11.5 Å². The molecule has 0 aliphatic heterocycles. The molecule has 2 nitrogen and oxygen atoms in total. The summed E-state index contributed by atoms with van der Waals surface area (Å²) in [4.78, 5) is 0. The third kappa shape index (κ3) is 2.47. The topological polar surface area (TPSA) is 29.5 Å². The fourth-order valence-electron chi connectivity index (χ4n) is 3.41. The molecule has 2 aromatic rings. The number of methoxy groups -OCH3 is 1. The minimum atomic E-state index is 0.437. The summed E-state index contributed by atoms with van der Waals surface area (Å²) in [5, 5.41) is 12.4. The van der Waals surface area contributed by atoms with Crippen molar-refractivity contribution >= 4 is 10.8 Å². The Balaban J connectivity index is 1.99. The molecule has 106 valence electrons. The van der Waals surface area contributed by atoms with Gasteiger partial charge in [0.15, 0.2) is 0 Å². The van der Waals surface area contributed by atoms with Crippen LogP contribution in [0, 0.1) is 5.92 Å². The van der Waals surface area contributed by atoms with Crippen LogP contribution in [0.25, 0.3) is 10.8 Å². The second kappa shape index (κ2) is 5.74. The molecule has 0 saturated heterocycles. The van der Waals surface area contributed by atoms with E-state index in [2.05, 4.69) is 0 Å². The van der Waals surface area contributed by atoms with Gasteiger partial charge in [-0.1, -0.05) is 56.4 Å². The van der Waals surface area contributed by atoms with Crippen LogP contribution < -0.4 is 4.74 Å². The Kier molecular flexibility index (Phi) is 3.81. The SMILES string of the molecule is COc1cc(CC2CCCCC2)c(O)c2ccccc12. The van der Waals surface area contributed by atoms with Gasteiger partial charge in [0, 0.05) is 10.8 Å². The monoisotopic (exact) mass is 270 g/mol. The fourth-order valence-corrected chi connectivity index (χ4v) is 3.41. The van der Waals surface area contributed by atoms with E-state index in [4.69, 9.17) is 4.74 Å². The highest BCUT2D eigenvalue weighted by molar-refractivity contribution is 5.94. The van der Waals surface area contributed by atoms with Gasteiger partial charge in [0.2, 0.25) is 0 Å². The van der Waals surface area contributed by atoms with Gasteiger partial charge < -0.3 is 9.84 Å². The first-order valence-electron chi connectivity index (χ1n) is 7.57. The van der Waals surface area contributed by atoms with Crippen LogP contribution in [0.2, 0.25) is 0 Å². The van der Waals surface area contributed by atoms with Crippen LogP contribution in [0.1, 0.15) is 37.7 Å². The summed E-state index contributed by atoms with van der Waals surface area (Å²) in [5.74, 6) is 2.01. The summed E-state index contributed by atoms with van der Waals surface area (Å²) in [6, 6.07) is 9.93. The molecule has 0 atom stereocenters. The smallest absolute Gasteiger partial charge is 0.127 e. The molecule has 1 aliphatic rings. The quantitative estimate of drug-likeness (QED) is 0.877.